The van der Waals surface area contributed by atoms with E-state index in [0.717, 1.165) is 22.8 Å². The van der Waals surface area contributed by atoms with E-state index in [4.69, 9.17) is 4.74 Å². The van der Waals surface area contributed by atoms with Gasteiger partial charge in [-0.15, -0.1) is 0 Å². The maximum atomic E-state index is 5.36. The van der Waals surface area contributed by atoms with Gasteiger partial charge < -0.3 is 9.72 Å². The Bertz CT molecular complexity index is 706. The second-order valence-corrected chi connectivity index (χ2v) is 8.16. The van der Waals surface area contributed by atoms with Crippen molar-refractivity contribution < 1.29 is 4.74 Å². The predicted molar refractivity (Wildman–Crippen MR) is 90.9 cm³/mol. The van der Waals surface area contributed by atoms with Crippen LogP contribution in [-0.2, 0) is 5.41 Å². The molecule has 2 heterocycles. The van der Waals surface area contributed by atoms with Crippen LogP contribution in [0.4, 0.5) is 0 Å². The van der Waals surface area contributed by atoms with E-state index in [9.17, 15) is 0 Å². The van der Waals surface area contributed by atoms with Gasteiger partial charge in [-0.3, -0.25) is 0 Å². The van der Waals surface area contributed by atoms with Crippen LogP contribution in [0.1, 0.15) is 41.9 Å². The summed E-state index contributed by atoms with van der Waals surface area (Å²) in [6.07, 6.45) is 8.58. The maximum absolute atomic E-state index is 5.36. The molecule has 4 aliphatic rings. The summed E-state index contributed by atoms with van der Waals surface area (Å²) in [4.78, 5) is 3.41. The van der Waals surface area contributed by atoms with E-state index < -0.39 is 0 Å². The Labute approximate surface area is 135 Å². The first kappa shape index (κ1) is 13.1. The molecule has 1 N–H and O–H groups in total. The van der Waals surface area contributed by atoms with E-state index in [1.54, 1.807) is 18.2 Å². The van der Waals surface area contributed by atoms with Crippen LogP contribution >= 0.6 is 11.8 Å². The summed E-state index contributed by atoms with van der Waals surface area (Å²) >= 11 is 2.21. The van der Waals surface area contributed by atoms with Crippen LogP contribution in [0.15, 0.2) is 36.7 Å². The molecule has 1 aliphatic heterocycles. The molecule has 114 valence electrons. The molecule has 0 radical (unpaired) electrons. The topological polar surface area (TPSA) is 25.0 Å². The lowest BCUT2D eigenvalue weighted by Crippen LogP contribution is -2.51. The number of H-pyrrole nitrogens is 1. The minimum absolute atomic E-state index is 0.211. The molecule has 3 heteroatoms. The van der Waals surface area contributed by atoms with Gasteiger partial charge in [0, 0.05) is 23.1 Å². The molecule has 22 heavy (non-hydrogen) atoms. The monoisotopic (exact) mass is 311 g/mol. The Morgan fingerprint density at radius 2 is 2.05 bits per heavy atom. The zero-order valence-corrected chi connectivity index (χ0v) is 13.7. The first-order chi connectivity index (χ1) is 10.8. The highest BCUT2D eigenvalue weighted by Crippen LogP contribution is 2.65. The Kier molecular flexibility index (Phi) is 2.73. The Morgan fingerprint density at radius 1 is 1.18 bits per heavy atom. The van der Waals surface area contributed by atoms with Crippen molar-refractivity contribution in [1.82, 2.24) is 4.98 Å². The zero-order chi connectivity index (χ0) is 14.7. The summed E-state index contributed by atoms with van der Waals surface area (Å²) in [5.41, 5.74) is 4.87. The molecule has 1 aromatic heterocycles. The summed E-state index contributed by atoms with van der Waals surface area (Å²) in [6, 6.07) is 8.87. The number of methoxy groups -OCH3 is 1. The van der Waals surface area contributed by atoms with Gasteiger partial charge in [-0.2, -0.15) is 11.8 Å². The van der Waals surface area contributed by atoms with E-state index in [-0.39, 0.29) is 5.41 Å². The Hall–Kier alpha value is -1.35. The molecule has 0 spiro atoms. The van der Waals surface area contributed by atoms with Crippen molar-refractivity contribution in [2.24, 2.45) is 5.92 Å². The van der Waals surface area contributed by atoms with Crippen molar-refractivity contribution >= 4 is 11.8 Å². The average Bonchev–Trinajstić information content (AvgIpc) is 3.25. The third-order valence-corrected chi connectivity index (χ3v) is 7.83. The lowest BCUT2D eigenvalue weighted by atomic mass is 9.52. The highest BCUT2D eigenvalue weighted by molar-refractivity contribution is 8.00. The molecule has 3 aliphatic carbocycles. The fourth-order valence-electron chi connectivity index (χ4n) is 5.36. The van der Waals surface area contributed by atoms with Crippen LogP contribution in [0.2, 0.25) is 0 Å². The maximum Gasteiger partial charge on any atom is 0.118 e. The molecule has 1 saturated carbocycles. The number of hydrogen-bond donors (Lipinski definition) is 1. The smallest absolute Gasteiger partial charge is 0.118 e. The average molecular weight is 311 g/mol. The summed E-state index contributed by atoms with van der Waals surface area (Å²) in [6.45, 7) is 0. The third-order valence-electron chi connectivity index (χ3n) is 6.25. The van der Waals surface area contributed by atoms with Gasteiger partial charge in [0.1, 0.15) is 5.75 Å². The van der Waals surface area contributed by atoms with Crippen molar-refractivity contribution in [2.75, 3.05) is 12.9 Å². The number of aromatic amines is 1. The minimum Gasteiger partial charge on any atom is -0.497 e. The molecular formula is C19H21NOS. The Morgan fingerprint density at radius 3 is 2.86 bits per heavy atom. The van der Waals surface area contributed by atoms with Gasteiger partial charge in [-0.05, 0) is 65.7 Å². The number of benzene rings is 1. The summed E-state index contributed by atoms with van der Waals surface area (Å²) in [5, 5.41) is 0.753. The lowest BCUT2D eigenvalue weighted by molar-refractivity contribution is 0.211. The number of aromatic nitrogens is 1. The largest absolute Gasteiger partial charge is 0.497 e. The number of ether oxygens (including phenoxy) is 1. The molecule has 2 nitrogen and oxygen atoms in total. The molecule has 4 atom stereocenters. The van der Waals surface area contributed by atoms with Crippen molar-refractivity contribution in [2.45, 2.75) is 35.8 Å². The van der Waals surface area contributed by atoms with Gasteiger partial charge in [0.25, 0.3) is 0 Å². The molecule has 1 saturated heterocycles. The quantitative estimate of drug-likeness (QED) is 0.893. The first-order valence-corrected chi connectivity index (χ1v) is 9.33. The molecule has 0 amide bonds. The predicted octanol–water partition coefficient (Wildman–Crippen LogP) is 4.32. The second-order valence-electron chi connectivity index (χ2n) is 6.91. The van der Waals surface area contributed by atoms with Gasteiger partial charge in [0.15, 0.2) is 0 Å². The molecule has 2 bridgehead atoms. The van der Waals surface area contributed by atoms with Crippen LogP contribution in [0.3, 0.4) is 0 Å². The van der Waals surface area contributed by atoms with Gasteiger partial charge >= 0.3 is 0 Å². The SMILES string of the molecule is COc1ccc(C23CCC(c4c[nH]cc42)C2CCSC23)cc1. The van der Waals surface area contributed by atoms with Crippen molar-refractivity contribution in [3.05, 3.63) is 53.3 Å². The molecule has 2 aromatic rings. The van der Waals surface area contributed by atoms with E-state index >= 15 is 0 Å². The second kappa shape index (κ2) is 4.58. The van der Waals surface area contributed by atoms with Crippen molar-refractivity contribution in [3.8, 4) is 5.75 Å². The highest BCUT2D eigenvalue weighted by atomic mass is 32.2. The summed E-state index contributed by atoms with van der Waals surface area (Å²) < 4.78 is 5.36. The molecule has 4 unspecified atom stereocenters. The first-order valence-electron chi connectivity index (χ1n) is 8.28. The lowest BCUT2D eigenvalue weighted by Gasteiger charge is -2.54. The van der Waals surface area contributed by atoms with Gasteiger partial charge in [0.05, 0.1) is 7.11 Å². The number of fused-ring (bicyclic) bond motifs is 1. The van der Waals surface area contributed by atoms with Gasteiger partial charge in [-0.1, -0.05) is 12.1 Å². The van der Waals surface area contributed by atoms with Gasteiger partial charge in [-0.25, -0.2) is 0 Å². The van der Waals surface area contributed by atoms with Crippen LogP contribution in [0.5, 0.6) is 5.75 Å². The summed E-state index contributed by atoms with van der Waals surface area (Å²) in [7, 11) is 1.74. The van der Waals surface area contributed by atoms with Crippen LogP contribution in [0, 0.1) is 5.92 Å². The van der Waals surface area contributed by atoms with Crippen LogP contribution in [-0.4, -0.2) is 23.1 Å². The standard InChI is InChI=1S/C19H21NOS/c1-21-13-4-2-12(3-5-13)19-8-6-14(15-7-9-22-18(15)19)16-10-20-11-17(16)19/h2-5,10-11,14-15,18,20H,6-9H2,1H3. The fraction of sp³-hybridized carbons (Fsp3) is 0.474. The Balaban J connectivity index is 1.73. The number of nitrogens with one attached hydrogen (secondary N) is 1. The molecule has 6 rings (SSSR count). The van der Waals surface area contributed by atoms with E-state index in [1.165, 1.54) is 30.6 Å². The molecule has 1 aromatic carbocycles. The molecule has 2 fully saturated rings. The third kappa shape index (κ3) is 1.48. The van der Waals surface area contributed by atoms with Gasteiger partial charge in [0.2, 0.25) is 0 Å². The van der Waals surface area contributed by atoms with Crippen LogP contribution in [0.25, 0.3) is 0 Å². The van der Waals surface area contributed by atoms with Crippen molar-refractivity contribution in [3.63, 3.8) is 0 Å². The van der Waals surface area contributed by atoms with E-state index in [1.807, 2.05) is 0 Å². The summed E-state index contributed by atoms with van der Waals surface area (Å²) in [5.74, 6) is 3.94. The van der Waals surface area contributed by atoms with E-state index in [2.05, 4.69) is 53.4 Å². The highest BCUT2D eigenvalue weighted by Gasteiger charge is 2.58. The zero-order valence-electron chi connectivity index (χ0n) is 12.8. The van der Waals surface area contributed by atoms with E-state index in [0.29, 0.717) is 0 Å². The number of hydrogen-bond acceptors (Lipinski definition) is 2. The minimum atomic E-state index is 0.211. The number of rotatable bonds is 2. The molecular weight excluding hydrogens is 290 g/mol. The van der Waals surface area contributed by atoms with Crippen molar-refractivity contribution in [1.29, 1.82) is 0 Å². The fourth-order valence-corrected chi connectivity index (χ4v) is 7.26. The van der Waals surface area contributed by atoms with Crippen LogP contribution < -0.4 is 4.74 Å². The number of thioether (sulfide) groups is 1. The normalized spacial score (nSPS) is 35.2.